The standard InChI is InChI=1S/C9H6INO/c10-8-3-1-2-7(4-8)5-9(12)6-11/h1-4H,5H2. The van der Waals surface area contributed by atoms with Gasteiger partial charge in [0.05, 0.1) is 0 Å². The van der Waals surface area contributed by atoms with Crippen molar-refractivity contribution in [3.63, 3.8) is 0 Å². The summed E-state index contributed by atoms with van der Waals surface area (Å²) in [6.45, 7) is 0. The van der Waals surface area contributed by atoms with Gasteiger partial charge in [0.15, 0.2) is 0 Å². The summed E-state index contributed by atoms with van der Waals surface area (Å²) in [5.74, 6) is -0.392. The smallest absolute Gasteiger partial charge is 0.236 e. The van der Waals surface area contributed by atoms with E-state index in [4.69, 9.17) is 5.26 Å². The molecule has 0 bridgehead atoms. The van der Waals surface area contributed by atoms with E-state index < -0.39 is 5.78 Å². The van der Waals surface area contributed by atoms with Crippen molar-refractivity contribution in [2.24, 2.45) is 0 Å². The van der Waals surface area contributed by atoms with Crippen LogP contribution in [0.15, 0.2) is 24.3 Å². The van der Waals surface area contributed by atoms with E-state index in [9.17, 15) is 4.79 Å². The van der Waals surface area contributed by atoms with Crippen molar-refractivity contribution in [3.05, 3.63) is 33.4 Å². The number of halogens is 1. The molecule has 0 N–H and O–H groups in total. The minimum absolute atomic E-state index is 0.216. The first-order chi connectivity index (χ1) is 5.72. The minimum Gasteiger partial charge on any atom is -0.282 e. The molecule has 12 heavy (non-hydrogen) atoms. The number of nitrogens with zero attached hydrogens (tertiary/aromatic N) is 1. The van der Waals surface area contributed by atoms with Gasteiger partial charge in [-0.15, -0.1) is 0 Å². The maximum absolute atomic E-state index is 10.7. The van der Waals surface area contributed by atoms with E-state index in [1.165, 1.54) is 0 Å². The lowest BCUT2D eigenvalue weighted by atomic mass is 10.1. The number of carbonyl (C=O) groups is 1. The Labute approximate surface area is 84.3 Å². The van der Waals surface area contributed by atoms with Crippen LogP contribution in [0.5, 0.6) is 0 Å². The molecule has 0 aliphatic rings. The molecule has 0 spiro atoms. The summed E-state index contributed by atoms with van der Waals surface area (Å²) in [5.41, 5.74) is 0.897. The molecule has 2 nitrogen and oxygen atoms in total. The van der Waals surface area contributed by atoms with E-state index in [1.807, 2.05) is 24.3 Å². The van der Waals surface area contributed by atoms with Crippen molar-refractivity contribution in [3.8, 4) is 6.07 Å². The normalized spacial score (nSPS) is 9.00. The number of hydrogen-bond donors (Lipinski definition) is 0. The molecule has 1 aromatic rings. The van der Waals surface area contributed by atoms with Crippen molar-refractivity contribution in [1.82, 2.24) is 0 Å². The Hall–Kier alpha value is -0.890. The van der Waals surface area contributed by atoms with Crippen molar-refractivity contribution in [1.29, 1.82) is 5.26 Å². The molecular formula is C9H6INO. The number of rotatable bonds is 2. The highest BCUT2D eigenvalue weighted by Gasteiger charge is 2.00. The van der Waals surface area contributed by atoms with Crippen LogP contribution in [0.2, 0.25) is 0 Å². The summed E-state index contributed by atoms with van der Waals surface area (Å²) in [6, 6.07) is 9.16. The van der Waals surface area contributed by atoms with Gasteiger partial charge in [-0.1, -0.05) is 12.1 Å². The highest BCUT2D eigenvalue weighted by Crippen LogP contribution is 2.08. The number of benzene rings is 1. The summed E-state index contributed by atoms with van der Waals surface area (Å²) < 4.78 is 1.08. The lowest BCUT2D eigenvalue weighted by Crippen LogP contribution is -1.98. The van der Waals surface area contributed by atoms with Crippen LogP contribution in [0, 0.1) is 14.9 Å². The van der Waals surface area contributed by atoms with Crippen LogP contribution in [0.4, 0.5) is 0 Å². The maximum atomic E-state index is 10.7. The average Bonchev–Trinajstić information content (AvgIpc) is 2.04. The fourth-order valence-corrected chi connectivity index (χ4v) is 1.48. The van der Waals surface area contributed by atoms with E-state index in [2.05, 4.69) is 22.6 Å². The molecule has 60 valence electrons. The second-order valence-electron chi connectivity index (χ2n) is 2.34. The first-order valence-electron chi connectivity index (χ1n) is 3.40. The molecule has 0 unspecified atom stereocenters. The van der Waals surface area contributed by atoms with Crippen LogP contribution in [0.25, 0.3) is 0 Å². The van der Waals surface area contributed by atoms with Crippen molar-refractivity contribution >= 4 is 28.4 Å². The molecule has 1 aromatic carbocycles. The molecule has 0 atom stereocenters. The van der Waals surface area contributed by atoms with Crippen molar-refractivity contribution in [2.45, 2.75) is 6.42 Å². The summed E-state index contributed by atoms with van der Waals surface area (Å²) in [4.78, 5) is 10.7. The zero-order valence-electron chi connectivity index (χ0n) is 6.25. The predicted molar refractivity (Wildman–Crippen MR) is 53.5 cm³/mol. The van der Waals surface area contributed by atoms with Gasteiger partial charge in [0.1, 0.15) is 6.07 Å². The molecule has 0 saturated carbocycles. The van der Waals surface area contributed by atoms with Gasteiger partial charge in [-0.05, 0) is 40.3 Å². The highest BCUT2D eigenvalue weighted by atomic mass is 127. The predicted octanol–water partition coefficient (Wildman–Crippen LogP) is 1.93. The third-order valence-corrected chi connectivity index (χ3v) is 2.05. The van der Waals surface area contributed by atoms with E-state index in [1.54, 1.807) is 6.07 Å². The number of Topliss-reactive ketones (excluding diaryl/α,β-unsaturated/α-hetero) is 1. The van der Waals surface area contributed by atoms with E-state index >= 15 is 0 Å². The van der Waals surface area contributed by atoms with E-state index in [0.717, 1.165) is 9.13 Å². The molecular weight excluding hydrogens is 265 g/mol. The maximum Gasteiger partial charge on any atom is 0.236 e. The quantitative estimate of drug-likeness (QED) is 0.609. The van der Waals surface area contributed by atoms with Gasteiger partial charge in [-0.25, -0.2) is 0 Å². The van der Waals surface area contributed by atoms with Gasteiger partial charge in [0.2, 0.25) is 5.78 Å². The van der Waals surface area contributed by atoms with Crippen LogP contribution < -0.4 is 0 Å². The average molecular weight is 271 g/mol. The van der Waals surface area contributed by atoms with Gasteiger partial charge in [-0.3, -0.25) is 4.79 Å². The minimum atomic E-state index is -0.392. The first kappa shape index (κ1) is 9.20. The van der Waals surface area contributed by atoms with Gasteiger partial charge in [0, 0.05) is 9.99 Å². The van der Waals surface area contributed by atoms with Crippen LogP contribution in [-0.4, -0.2) is 5.78 Å². The second-order valence-corrected chi connectivity index (χ2v) is 3.59. The first-order valence-corrected chi connectivity index (χ1v) is 4.47. The summed E-state index contributed by atoms with van der Waals surface area (Å²) in [6.07, 6.45) is 0.216. The third-order valence-electron chi connectivity index (χ3n) is 1.38. The van der Waals surface area contributed by atoms with E-state index in [-0.39, 0.29) is 6.42 Å². The Balaban J connectivity index is 2.78. The summed E-state index contributed by atoms with van der Waals surface area (Å²) >= 11 is 2.17. The molecule has 0 amide bonds. The van der Waals surface area contributed by atoms with Crippen LogP contribution in [0.3, 0.4) is 0 Å². The van der Waals surface area contributed by atoms with Crippen molar-refractivity contribution < 1.29 is 4.79 Å². The molecule has 0 saturated heterocycles. The molecule has 0 heterocycles. The molecule has 3 heteroatoms. The number of hydrogen-bond acceptors (Lipinski definition) is 2. The Morgan fingerprint density at radius 1 is 1.58 bits per heavy atom. The van der Waals surface area contributed by atoms with Crippen molar-refractivity contribution in [2.75, 3.05) is 0 Å². The monoisotopic (exact) mass is 271 g/mol. The topological polar surface area (TPSA) is 40.9 Å². The number of carbonyl (C=O) groups excluding carboxylic acids is 1. The molecule has 0 aliphatic carbocycles. The summed E-state index contributed by atoms with van der Waals surface area (Å²) in [5, 5.41) is 8.26. The largest absolute Gasteiger partial charge is 0.282 e. The van der Waals surface area contributed by atoms with Gasteiger partial charge in [-0.2, -0.15) is 5.26 Å². The molecule has 0 fully saturated rings. The summed E-state index contributed by atoms with van der Waals surface area (Å²) in [7, 11) is 0. The zero-order valence-corrected chi connectivity index (χ0v) is 8.41. The highest BCUT2D eigenvalue weighted by molar-refractivity contribution is 14.1. The number of nitriles is 1. The van der Waals surface area contributed by atoms with Gasteiger partial charge >= 0.3 is 0 Å². The van der Waals surface area contributed by atoms with Crippen LogP contribution in [0.1, 0.15) is 5.56 Å². The van der Waals surface area contributed by atoms with Crippen LogP contribution >= 0.6 is 22.6 Å². The molecule has 1 rings (SSSR count). The van der Waals surface area contributed by atoms with E-state index in [0.29, 0.717) is 0 Å². The lowest BCUT2D eigenvalue weighted by molar-refractivity contribution is -0.113. The Kier molecular flexibility index (Phi) is 3.23. The SMILES string of the molecule is N#CC(=O)Cc1cccc(I)c1. The zero-order chi connectivity index (χ0) is 8.97. The molecule has 0 aromatic heterocycles. The Morgan fingerprint density at radius 2 is 2.33 bits per heavy atom. The third kappa shape index (κ3) is 2.62. The fraction of sp³-hybridized carbons (Fsp3) is 0.111. The molecule has 0 radical (unpaired) electrons. The number of ketones is 1. The Bertz CT molecular complexity index is 341. The van der Waals surface area contributed by atoms with Gasteiger partial charge in [0.25, 0.3) is 0 Å². The van der Waals surface area contributed by atoms with Crippen LogP contribution in [-0.2, 0) is 11.2 Å². The fourth-order valence-electron chi connectivity index (χ4n) is 0.872. The van der Waals surface area contributed by atoms with Gasteiger partial charge < -0.3 is 0 Å². The lowest BCUT2D eigenvalue weighted by Gasteiger charge is -1.95. The Morgan fingerprint density at radius 3 is 2.92 bits per heavy atom. The second kappa shape index (κ2) is 4.21. The molecule has 0 aliphatic heterocycles.